The van der Waals surface area contributed by atoms with Gasteiger partial charge in [0, 0.05) is 0 Å². The van der Waals surface area contributed by atoms with Crippen LogP contribution < -0.4 is 5.73 Å². The molecule has 2 N–H and O–H groups in total. The molecule has 0 aromatic heterocycles. The molecule has 0 saturated carbocycles. The predicted molar refractivity (Wildman–Crippen MR) is 50.4 cm³/mol. The van der Waals surface area contributed by atoms with Crippen LogP contribution in [0.5, 0.6) is 0 Å². The van der Waals surface area contributed by atoms with Gasteiger partial charge in [-0.05, 0) is 12.1 Å². The lowest BCUT2D eigenvalue weighted by molar-refractivity contribution is 0.590. The first-order chi connectivity index (χ1) is 6.09. The normalized spacial score (nSPS) is 13.2. The van der Waals surface area contributed by atoms with Gasteiger partial charge in [0.05, 0.1) is 4.90 Å². The summed E-state index contributed by atoms with van der Waals surface area (Å²) in [5.41, 5.74) is 5.26. The van der Waals surface area contributed by atoms with Crippen LogP contribution in [0.4, 0.5) is 0 Å². The number of rotatable bonds is 2. The summed E-state index contributed by atoms with van der Waals surface area (Å²) in [4.78, 5) is 0.153. The Kier molecular flexibility index (Phi) is 2.71. The van der Waals surface area contributed by atoms with Crippen LogP contribution in [0.3, 0.4) is 0 Å². The van der Waals surface area contributed by atoms with E-state index in [2.05, 4.69) is 0 Å². The van der Waals surface area contributed by atoms with Gasteiger partial charge in [-0.25, -0.2) is 8.42 Å². The fourth-order valence-electron chi connectivity index (χ4n) is 0.846. The number of sulfone groups is 1. The van der Waals surface area contributed by atoms with Crippen LogP contribution in [0, 0.1) is 12.3 Å². The second-order valence-electron chi connectivity index (χ2n) is 2.45. The van der Waals surface area contributed by atoms with Crippen LogP contribution in [0.15, 0.2) is 35.2 Å². The zero-order valence-electron chi connectivity index (χ0n) is 6.84. The maximum atomic E-state index is 11.5. The van der Waals surface area contributed by atoms with Gasteiger partial charge in [-0.1, -0.05) is 24.1 Å². The van der Waals surface area contributed by atoms with Gasteiger partial charge in [-0.15, -0.1) is 6.42 Å². The summed E-state index contributed by atoms with van der Waals surface area (Å²) in [7, 11) is -3.55. The van der Waals surface area contributed by atoms with E-state index in [9.17, 15) is 8.42 Å². The molecule has 1 aromatic rings. The zero-order valence-corrected chi connectivity index (χ0v) is 7.66. The van der Waals surface area contributed by atoms with Crippen molar-refractivity contribution in [2.45, 2.75) is 10.3 Å². The van der Waals surface area contributed by atoms with Crippen molar-refractivity contribution in [2.75, 3.05) is 0 Å². The van der Waals surface area contributed by atoms with Crippen LogP contribution in [0.2, 0.25) is 0 Å². The standard InChI is InChI=1S/C9H9NO2S/c1-2-9(10)13(11,12)8-6-4-3-5-7-8/h1,3-7,9H,10H2. The van der Waals surface area contributed by atoms with E-state index >= 15 is 0 Å². The topological polar surface area (TPSA) is 60.2 Å². The zero-order chi connectivity index (χ0) is 9.90. The fourth-order valence-corrected chi connectivity index (χ4v) is 1.86. The highest BCUT2D eigenvalue weighted by Gasteiger charge is 2.20. The van der Waals surface area contributed by atoms with Crippen LogP contribution in [0.1, 0.15) is 0 Å². The molecule has 0 heterocycles. The van der Waals surface area contributed by atoms with E-state index < -0.39 is 15.2 Å². The largest absolute Gasteiger partial charge is 0.305 e. The molecule has 0 amide bonds. The van der Waals surface area contributed by atoms with Crippen LogP contribution in [0.25, 0.3) is 0 Å². The molecule has 1 rings (SSSR count). The molecular weight excluding hydrogens is 186 g/mol. The number of benzene rings is 1. The van der Waals surface area contributed by atoms with Gasteiger partial charge < -0.3 is 5.73 Å². The lowest BCUT2D eigenvalue weighted by atomic mass is 10.4. The third-order valence-corrected chi connectivity index (χ3v) is 3.30. The highest BCUT2D eigenvalue weighted by molar-refractivity contribution is 7.92. The number of hydrogen-bond acceptors (Lipinski definition) is 3. The highest BCUT2D eigenvalue weighted by atomic mass is 32.2. The molecule has 1 atom stereocenters. The number of nitrogens with two attached hydrogens (primary N) is 1. The summed E-state index contributed by atoms with van der Waals surface area (Å²) in [5, 5.41) is -1.27. The molecule has 0 aliphatic rings. The Morgan fingerprint density at radius 2 is 1.85 bits per heavy atom. The summed E-state index contributed by atoms with van der Waals surface area (Å²) >= 11 is 0. The van der Waals surface area contributed by atoms with Crippen molar-refractivity contribution in [1.82, 2.24) is 0 Å². The van der Waals surface area contributed by atoms with Crippen LogP contribution in [-0.2, 0) is 9.84 Å². The Balaban J connectivity index is 3.19. The van der Waals surface area contributed by atoms with Gasteiger partial charge in [0.15, 0.2) is 5.37 Å². The molecule has 0 fully saturated rings. The minimum Gasteiger partial charge on any atom is -0.305 e. The molecule has 0 saturated heterocycles. The second kappa shape index (κ2) is 3.60. The SMILES string of the molecule is C#CC(N)S(=O)(=O)c1ccccc1. The van der Waals surface area contributed by atoms with E-state index in [4.69, 9.17) is 12.2 Å². The van der Waals surface area contributed by atoms with Crippen molar-refractivity contribution in [3.8, 4) is 12.3 Å². The number of terminal acetylenes is 1. The summed E-state index contributed by atoms with van der Waals surface area (Å²) in [6.07, 6.45) is 4.94. The van der Waals surface area contributed by atoms with Crippen molar-refractivity contribution >= 4 is 9.84 Å². The molecular formula is C9H9NO2S. The van der Waals surface area contributed by atoms with Gasteiger partial charge >= 0.3 is 0 Å². The maximum absolute atomic E-state index is 11.5. The van der Waals surface area contributed by atoms with Crippen molar-refractivity contribution in [3.63, 3.8) is 0 Å². The molecule has 0 spiro atoms. The average Bonchev–Trinajstić information content (AvgIpc) is 2.18. The van der Waals surface area contributed by atoms with E-state index in [-0.39, 0.29) is 4.90 Å². The Morgan fingerprint density at radius 3 is 2.31 bits per heavy atom. The smallest absolute Gasteiger partial charge is 0.205 e. The molecule has 13 heavy (non-hydrogen) atoms. The molecule has 0 radical (unpaired) electrons. The van der Waals surface area contributed by atoms with Crippen LogP contribution in [-0.4, -0.2) is 13.8 Å². The first kappa shape index (κ1) is 9.78. The summed E-state index contributed by atoms with van der Waals surface area (Å²) in [6.45, 7) is 0. The van der Waals surface area contributed by atoms with Crippen molar-refractivity contribution in [2.24, 2.45) is 5.73 Å². The summed E-state index contributed by atoms with van der Waals surface area (Å²) in [6, 6.07) is 7.89. The second-order valence-corrected chi connectivity index (χ2v) is 4.51. The third kappa shape index (κ3) is 1.89. The van der Waals surface area contributed by atoms with Crippen molar-refractivity contribution < 1.29 is 8.42 Å². The van der Waals surface area contributed by atoms with E-state index in [1.54, 1.807) is 18.2 Å². The lowest BCUT2D eigenvalue weighted by Crippen LogP contribution is -2.28. The monoisotopic (exact) mass is 195 g/mol. The molecule has 0 bridgehead atoms. The molecule has 1 unspecified atom stereocenters. The predicted octanol–water partition coefficient (Wildman–Crippen LogP) is 0.378. The first-order valence-electron chi connectivity index (χ1n) is 3.59. The van der Waals surface area contributed by atoms with E-state index in [1.165, 1.54) is 12.1 Å². The van der Waals surface area contributed by atoms with E-state index in [1.807, 2.05) is 5.92 Å². The van der Waals surface area contributed by atoms with Gasteiger partial charge in [0.2, 0.25) is 9.84 Å². The highest BCUT2D eigenvalue weighted by Crippen LogP contribution is 2.11. The third-order valence-electron chi connectivity index (χ3n) is 1.57. The van der Waals surface area contributed by atoms with E-state index in [0.717, 1.165) is 0 Å². The van der Waals surface area contributed by atoms with Gasteiger partial charge in [-0.2, -0.15) is 0 Å². The summed E-state index contributed by atoms with van der Waals surface area (Å²) in [5.74, 6) is 1.99. The van der Waals surface area contributed by atoms with Gasteiger partial charge in [0.25, 0.3) is 0 Å². The van der Waals surface area contributed by atoms with Crippen molar-refractivity contribution in [3.05, 3.63) is 30.3 Å². The molecule has 3 nitrogen and oxygen atoms in total. The van der Waals surface area contributed by atoms with E-state index in [0.29, 0.717) is 0 Å². The summed E-state index contributed by atoms with van der Waals surface area (Å²) < 4.78 is 23.0. The molecule has 4 heteroatoms. The minimum absolute atomic E-state index is 0.153. The lowest BCUT2D eigenvalue weighted by Gasteiger charge is -2.05. The minimum atomic E-state index is -3.55. The Morgan fingerprint density at radius 1 is 1.31 bits per heavy atom. The fraction of sp³-hybridized carbons (Fsp3) is 0.111. The quantitative estimate of drug-likeness (QED) is 0.694. The maximum Gasteiger partial charge on any atom is 0.205 e. The molecule has 1 aromatic carbocycles. The first-order valence-corrected chi connectivity index (χ1v) is 5.14. The molecule has 68 valence electrons. The number of hydrogen-bond donors (Lipinski definition) is 1. The Hall–Kier alpha value is -1.31. The molecule has 0 aliphatic carbocycles. The van der Waals surface area contributed by atoms with Gasteiger partial charge in [0.1, 0.15) is 0 Å². The Bertz CT molecular complexity index is 417. The Labute approximate surface area is 77.5 Å². The van der Waals surface area contributed by atoms with Gasteiger partial charge in [-0.3, -0.25) is 0 Å². The molecule has 0 aliphatic heterocycles. The average molecular weight is 195 g/mol. The van der Waals surface area contributed by atoms with Crippen molar-refractivity contribution in [1.29, 1.82) is 0 Å². The van der Waals surface area contributed by atoms with Crippen LogP contribution >= 0.6 is 0 Å².